The lowest BCUT2D eigenvalue weighted by molar-refractivity contribution is 0.155. The zero-order valence-corrected chi connectivity index (χ0v) is 13.5. The van der Waals surface area contributed by atoms with E-state index in [1.807, 2.05) is 13.0 Å². The Morgan fingerprint density at radius 2 is 2.10 bits per heavy atom. The average molecular weight is 291 g/mol. The fourth-order valence-corrected chi connectivity index (χ4v) is 4.69. The van der Waals surface area contributed by atoms with Gasteiger partial charge in [-0.25, -0.2) is 4.39 Å². The van der Waals surface area contributed by atoms with E-state index in [0.717, 1.165) is 11.6 Å². The van der Waals surface area contributed by atoms with E-state index in [-0.39, 0.29) is 11.2 Å². The van der Waals surface area contributed by atoms with Crippen molar-refractivity contribution in [2.75, 3.05) is 11.9 Å². The molecular formula is C18H26FNO. The minimum atomic E-state index is -0.284. The molecule has 3 atom stereocenters. The van der Waals surface area contributed by atoms with E-state index in [4.69, 9.17) is 4.74 Å². The molecule has 0 radical (unpaired) electrons. The van der Waals surface area contributed by atoms with Crippen molar-refractivity contribution in [2.24, 2.45) is 16.7 Å². The third-order valence-electron chi connectivity index (χ3n) is 5.81. The summed E-state index contributed by atoms with van der Waals surface area (Å²) in [4.78, 5) is 0. The zero-order chi connectivity index (χ0) is 15.3. The normalized spacial score (nSPS) is 33.2. The van der Waals surface area contributed by atoms with Gasteiger partial charge in [0.1, 0.15) is 0 Å². The number of hydrogen-bond donors (Lipinski definition) is 1. The Bertz CT molecular complexity index is 537. The molecule has 0 amide bonds. The van der Waals surface area contributed by atoms with Crippen LogP contribution in [0.1, 0.15) is 47.0 Å². The van der Waals surface area contributed by atoms with Crippen molar-refractivity contribution >= 4 is 5.69 Å². The summed E-state index contributed by atoms with van der Waals surface area (Å²) in [5.74, 6) is 0.835. The van der Waals surface area contributed by atoms with Gasteiger partial charge in [-0.3, -0.25) is 0 Å². The predicted molar refractivity (Wildman–Crippen MR) is 84.2 cm³/mol. The summed E-state index contributed by atoms with van der Waals surface area (Å²) in [5.41, 5.74) is 1.47. The van der Waals surface area contributed by atoms with Crippen LogP contribution in [0.2, 0.25) is 0 Å². The molecule has 0 aliphatic heterocycles. The molecule has 0 saturated heterocycles. The van der Waals surface area contributed by atoms with Gasteiger partial charge in [0.05, 0.1) is 6.61 Å². The molecule has 21 heavy (non-hydrogen) atoms. The molecule has 3 rings (SSSR count). The van der Waals surface area contributed by atoms with Crippen LogP contribution in [0.3, 0.4) is 0 Å². The van der Waals surface area contributed by atoms with Crippen molar-refractivity contribution in [3.8, 4) is 5.75 Å². The van der Waals surface area contributed by atoms with Crippen molar-refractivity contribution in [1.82, 2.24) is 0 Å². The van der Waals surface area contributed by atoms with Gasteiger partial charge in [-0.15, -0.1) is 0 Å². The molecule has 2 aliphatic rings. The van der Waals surface area contributed by atoms with Gasteiger partial charge in [0, 0.05) is 17.8 Å². The van der Waals surface area contributed by atoms with Crippen LogP contribution >= 0.6 is 0 Å². The highest BCUT2D eigenvalue weighted by Gasteiger charge is 2.59. The van der Waals surface area contributed by atoms with Crippen molar-refractivity contribution in [3.63, 3.8) is 0 Å². The van der Waals surface area contributed by atoms with Gasteiger partial charge in [0.15, 0.2) is 11.6 Å². The van der Waals surface area contributed by atoms with E-state index in [2.05, 4.69) is 26.1 Å². The van der Waals surface area contributed by atoms with Gasteiger partial charge in [0.25, 0.3) is 0 Å². The predicted octanol–water partition coefficient (Wildman–Crippen LogP) is 4.85. The standard InChI is InChI=1S/C18H26FNO/c1-5-21-15-7-6-13(10-14(15)19)20-16-17(2,3)12-8-9-18(16,4)11-12/h6-7,10,12,16,20H,5,8-9,11H2,1-4H3. The molecule has 2 nitrogen and oxygen atoms in total. The maximum absolute atomic E-state index is 14.0. The summed E-state index contributed by atoms with van der Waals surface area (Å²) >= 11 is 0. The summed E-state index contributed by atoms with van der Waals surface area (Å²) in [6, 6.07) is 5.63. The van der Waals surface area contributed by atoms with E-state index < -0.39 is 0 Å². The lowest BCUT2D eigenvalue weighted by Gasteiger charge is -2.43. The monoisotopic (exact) mass is 291 g/mol. The quantitative estimate of drug-likeness (QED) is 0.856. The Morgan fingerprint density at radius 1 is 1.33 bits per heavy atom. The molecule has 116 valence electrons. The minimum Gasteiger partial charge on any atom is -0.491 e. The van der Waals surface area contributed by atoms with Crippen molar-refractivity contribution < 1.29 is 9.13 Å². The minimum absolute atomic E-state index is 0.266. The molecule has 3 unspecified atom stereocenters. The first-order valence-corrected chi connectivity index (χ1v) is 8.06. The van der Waals surface area contributed by atoms with Crippen LogP contribution in [0.5, 0.6) is 5.75 Å². The highest BCUT2D eigenvalue weighted by atomic mass is 19.1. The molecule has 0 spiro atoms. The first-order valence-electron chi connectivity index (χ1n) is 8.06. The second kappa shape index (κ2) is 4.89. The molecule has 2 fully saturated rings. The van der Waals surface area contributed by atoms with Crippen molar-refractivity contribution in [1.29, 1.82) is 0 Å². The average Bonchev–Trinajstić information content (AvgIpc) is 2.89. The van der Waals surface area contributed by atoms with E-state index in [1.165, 1.54) is 19.3 Å². The number of benzene rings is 1. The van der Waals surface area contributed by atoms with Crippen LogP contribution < -0.4 is 10.1 Å². The molecule has 1 aromatic rings. The summed E-state index contributed by atoms with van der Waals surface area (Å²) in [6.07, 6.45) is 3.90. The largest absolute Gasteiger partial charge is 0.491 e. The number of nitrogens with one attached hydrogen (secondary N) is 1. The Hall–Kier alpha value is -1.25. The molecule has 0 heterocycles. The fraction of sp³-hybridized carbons (Fsp3) is 0.667. The van der Waals surface area contributed by atoms with Gasteiger partial charge in [-0.05, 0) is 55.1 Å². The number of rotatable bonds is 4. The molecule has 3 heteroatoms. The van der Waals surface area contributed by atoms with Crippen LogP contribution in [0.4, 0.5) is 10.1 Å². The molecule has 1 N–H and O–H groups in total. The molecular weight excluding hydrogens is 265 g/mol. The van der Waals surface area contributed by atoms with E-state index in [0.29, 0.717) is 23.8 Å². The number of anilines is 1. The lowest BCUT2D eigenvalue weighted by Crippen LogP contribution is -2.45. The van der Waals surface area contributed by atoms with Crippen molar-refractivity contribution in [2.45, 2.75) is 53.0 Å². The third kappa shape index (κ3) is 2.31. The number of halogens is 1. The Labute approximate surface area is 127 Å². The molecule has 2 saturated carbocycles. The third-order valence-corrected chi connectivity index (χ3v) is 5.81. The van der Waals surface area contributed by atoms with Gasteiger partial charge >= 0.3 is 0 Å². The smallest absolute Gasteiger partial charge is 0.167 e. The van der Waals surface area contributed by atoms with Crippen LogP contribution in [-0.4, -0.2) is 12.6 Å². The van der Waals surface area contributed by atoms with Gasteiger partial charge in [0.2, 0.25) is 0 Å². The van der Waals surface area contributed by atoms with Crippen LogP contribution in [0, 0.1) is 22.6 Å². The summed E-state index contributed by atoms with van der Waals surface area (Å²) < 4.78 is 19.3. The Morgan fingerprint density at radius 3 is 2.67 bits per heavy atom. The number of hydrogen-bond acceptors (Lipinski definition) is 2. The molecule has 1 aromatic carbocycles. The lowest BCUT2D eigenvalue weighted by atomic mass is 9.68. The number of ether oxygens (including phenoxy) is 1. The SMILES string of the molecule is CCOc1ccc(NC2C3(C)CCC(C3)C2(C)C)cc1F. The second-order valence-corrected chi connectivity index (χ2v) is 7.57. The van der Waals surface area contributed by atoms with E-state index in [9.17, 15) is 4.39 Å². The van der Waals surface area contributed by atoms with E-state index >= 15 is 0 Å². The molecule has 2 aliphatic carbocycles. The first-order chi connectivity index (χ1) is 9.87. The second-order valence-electron chi connectivity index (χ2n) is 7.57. The summed E-state index contributed by atoms with van der Waals surface area (Å²) in [7, 11) is 0. The van der Waals surface area contributed by atoms with Crippen LogP contribution in [-0.2, 0) is 0 Å². The van der Waals surface area contributed by atoms with E-state index in [1.54, 1.807) is 12.1 Å². The van der Waals surface area contributed by atoms with Gasteiger partial charge in [-0.2, -0.15) is 0 Å². The number of fused-ring (bicyclic) bond motifs is 2. The maximum atomic E-state index is 14.0. The highest BCUT2D eigenvalue weighted by Crippen LogP contribution is 2.63. The fourth-order valence-electron chi connectivity index (χ4n) is 4.69. The van der Waals surface area contributed by atoms with Gasteiger partial charge in [-0.1, -0.05) is 20.8 Å². The zero-order valence-electron chi connectivity index (χ0n) is 13.5. The topological polar surface area (TPSA) is 21.3 Å². The summed E-state index contributed by atoms with van der Waals surface area (Å²) in [5, 5.41) is 3.62. The highest BCUT2D eigenvalue weighted by molar-refractivity contribution is 5.49. The van der Waals surface area contributed by atoms with Gasteiger partial charge < -0.3 is 10.1 Å². The summed E-state index contributed by atoms with van der Waals surface area (Å²) in [6.45, 7) is 9.43. The maximum Gasteiger partial charge on any atom is 0.167 e. The van der Waals surface area contributed by atoms with Crippen LogP contribution in [0.15, 0.2) is 18.2 Å². The Balaban J connectivity index is 1.82. The molecule has 2 bridgehead atoms. The molecule has 0 aromatic heterocycles. The van der Waals surface area contributed by atoms with Crippen molar-refractivity contribution in [3.05, 3.63) is 24.0 Å². The first kappa shape index (κ1) is 14.7. The van der Waals surface area contributed by atoms with Crippen LogP contribution in [0.25, 0.3) is 0 Å². The Kier molecular flexibility index (Phi) is 3.42.